The molecule has 0 saturated heterocycles. The van der Waals surface area contributed by atoms with Gasteiger partial charge in [0.25, 0.3) is 0 Å². The molecule has 0 aliphatic rings. The zero-order chi connectivity index (χ0) is 33.8. The number of fused-ring (bicyclic) bond motifs is 1. The van der Waals surface area contributed by atoms with E-state index in [9.17, 15) is 9.90 Å². The number of thioether (sulfide) groups is 1. The molecule has 5 aromatic rings. The Hall–Kier alpha value is -3.30. The average molecular weight is 674 g/mol. The van der Waals surface area contributed by atoms with Crippen molar-refractivity contribution < 1.29 is 48.9 Å². The predicted octanol–water partition coefficient (Wildman–Crippen LogP) is 4.90. The second-order valence-corrected chi connectivity index (χ2v) is 15.3. The topological polar surface area (TPSA) is 89.3 Å². The molecule has 3 aromatic heterocycles. The van der Waals surface area contributed by atoms with Crippen molar-refractivity contribution in [2.24, 2.45) is 5.41 Å². The molecule has 0 radical (unpaired) electrons. The SMILES string of the molecule is CCOc1ccc(-c2ccc(Cn3c(CC(C)(C)C(=O)[O-])c(SC(C)(C)C)c4cc(OCc5ccc(CC)cn5)ccc43)cc2)cn1.[Na+]. The van der Waals surface area contributed by atoms with E-state index in [0.29, 0.717) is 32.1 Å². The summed E-state index contributed by atoms with van der Waals surface area (Å²) in [5.41, 5.74) is 6.16. The summed E-state index contributed by atoms with van der Waals surface area (Å²) >= 11 is 1.75. The molecule has 9 heteroatoms. The van der Waals surface area contributed by atoms with E-state index >= 15 is 0 Å². The maximum atomic E-state index is 12.3. The molecule has 0 N–H and O–H groups in total. The molecule has 7 nitrogen and oxygen atoms in total. The Balaban J connectivity index is 0.00000520. The van der Waals surface area contributed by atoms with Gasteiger partial charge in [-0.1, -0.05) is 71.9 Å². The standard InChI is InChI=1S/C39H45N3O4S.Na/c1-8-26-12-16-30(40-22-26)25-46-31-17-18-33-32(20-31)36(47-38(3,4)5)34(21-39(6,7)37(43)44)42(33)24-27-10-13-28(14-11-27)29-15-19-35(41-23-29)45-9-2;/h10-20,22-23H,8-9,21,24-25H2,1-7H3,(H,43,44);/q;+1/p-1. The van der Waals surface area contributed by atoms with E-state index in [1.807, 2.05) is 43.6 Å². The van der Waals surface area contributed by atoms with Crippen molar-refractivity contribution in [1.82, 2.24) is 14.5 Å². The van der Waals surface area contributed by atoms with Crippen LogP contribution in [0.2, 0.25) is 0 Å². The normalized spacial score (nSPS) is 11.7. The number of hydrogen-bond acceptors (Lipinski definition) is 7. The third kappa shape index (κ3) is 9.23. The fourth-order valence-corrected chi connectivity index (χ4v) is 6.58. The Labute approximate surface area is 310 Å². The number of carbonyl (C=O) groups excluding carboxylic acids is 1. The van der Waals surface area contributed by atoms with Gasteiger partial charge in [-0.2, -0.15) is 0 Å². The molecule has 246 valence electrons. The molecule has 0 spiro atoms. The summed E-state index contributed by atoms with van der Waals surface area (Å²) in [4.78, 5) is 22.3. The molecular formula is C39H44N3NaO4S. The maximum Gasteiger partial charge on any atom is 1.00 e. The van der Waals surface area contributed by atoms with Gasteiger partial charge in [-0.3, -0.25) is 4.98 Å². The van der Waals surface area contributed by atoms with E-state index in [4.69, 9.17) is 9.47 Å². The molecule has 0 saturated carbocycles. The Morgan fingerprint density at radius 2 is 1.56 bits per heavy atom. The maximum absolute atomic E-state index is 12.3. The Bertz CT molecular complexity index is 1830. The van der Waals surface area contributed by atoms with Gasteiger partial charge in [0.15, 0.2) is 0 Å². The molecule has 0 atom stereocenters. The first-order valence-electron chi connectivity index (χ1n) is 16.2. The van der Waals surface area contributed by atoms with Crippen LogP contribution in [0.5, 0.6) is 11.6 Å². The predicted molar refractivity (Wildman–Crippen MR) is 188 cm³/mol. The smallest absolute Gasteiger partial charge is 0.550 e. The number of aromatic nitrogens is 3. The monoisotopic (exact) mass is 673 g/mol. The van der Waals surface area contributed by atoms with Gasteiger partial charge in [0, 0.05) is 68.2 Å². The number of ether oxygens (including phenoxy) is 2. The summed E-state index contributed by atoms with van der Waals surface area (Å²) in [6, 6.07) is 22.6. The van der Waals surface area contributed by atoms with Crippen LogP contribution in [0.25, 0.3) is 22.0 Å². The zero-order valence-electron chi connectivity index (χ0n) is 29.4. The molecule has 5 rings (SSSR count). The van der Waals surface area contributed by atoms with Crippen molar-refractivity contribution >= 4 is 28.6 Å². The van der Waals surface area contributed by atoms with Crippen LogP contribution in [0.4, 0.5) is 0 Å². The first kappa shape index (κ1) is 37.5. The van der Waals surface area contributed by atoms with Gasteiger partial charge in [-0.25, -0.2) is 4.98 Å². The molecule has 2 aromatic carbocycles. The van der Waals surface area contributed by atoms with Crippen molar-refractivity contribution in [3.63, 3.8) is 0 Å². The van der Waals surface area contributed by atoms with Gasteiger partial charge in [-0.05, 0) is 66.8 Å². The minimum Gasteiger partial charge on any atom is -0.550 e. The summed E-state index contributed by atoms with van der Waals surface area (Å²) in [5, 5.41) is 13.3. The van der Waals surface area contributed by atoms with Crippen molar-refractivity contribution in [2.45, 2.75) is 84.1 Å². The number of carbonyl (C=O) groups is 1. The molecule has 0 aliphatic heterocycles. The first-order chi connectivity index (χ1) is 22.4. The largest absolute Gasteiger partial charge is 1.00 e. The number of rotatable bonds is 13. The molecule has 0 bridgehead atoms. The van der Waals surface area contributed by atoms with Crippen molar-refractivity contribution in [1.29, 1.82) is 0 Å². The number of carboxylic acid groups (broad SMARTS) is 1. The molecule has 0 fully saturated rings. The van der Waals surface area contributed by atoms with Crippen LogP contribution in [-0.2, 0) is 30.8 Å². The van der Waals surface area contributed by atoms with Crippen molar-refractivity contribution in [3.8, 4) is 22.8 Å². The van der Waals surface area contributed by atoms with E-state index in [2.05, 4.69) is 84.7 Å². The van der Waals surface area contributed by atoms with Crippen molar-refractivity contribution in [3.05, 3.63) is 102 Å². The summed E-state index contributed by atoms with van der Waals surface area (Å²) in [7, 11) is 0. The van der Waals surface area contributed by atoms with Crippen LogP contribution in [0, 0.1) is 5.41 Å². The van der Waals surface area contributed by atoms with Gasteiger partial charge in [0.05, 0.1) is 12.3 Å². The minimum atomic E-state index is -1.07. The number of aliphatic carboxylic acids is 1. The zero-order valence-corrected chi connectivity index (χ0v) is 32.2. The Kier molecular flexibility index (Phi) is 12.5. The van der Waals surface area contributed by atoms with Crippen LogP contribution >= 0.6 is 11.8 Å². The van der Waals surface area contributed by atoms with Crippen LogP contribution in [0.15, 0.2) is 84.0 Å². The van der Waals surface area contributed by atoms with Gasteiger partial charge in [0.1, 0.15) is 12.4 Å². The van der Waals surface area contributed by atoms with Gasteiger partial charge < -0.3 is 23.9 Å². The van der Waals surface area contributed by atoms with Crippen LogP contribution < -0.4 is 44.1 Å². The van der Waals surface area contributed by atoms with Crippen molar-refractivity contribution in [2.75, 3.05) is 6.61 Å². The first-order valence-corrected chi connectivity index (χ1v) is 17.0. The molecule has 48 heavy (non-hydrogen) atoms. The van der Waals surface area contributed by atoms with Crippen LogP contribution in [0.3, 0.4) is 0 Å². The Morgan fingerprint density at radius 3 is 2.15 bits per heavy atom. The van der Waals surface area contributed by atoms with Crippen LogP contribution in [0.1, 0.15) is 71.0 Å². The fraction of sp³-hybridized carbons (Fsp3) is 0.359. The molecule has 0 aliphatic carbocycles. The molecular weight excluding hydrogens is 630 g/mol. The second kappa shape index (κ2) is 15.9. The quantitative estimate of drug-likeness (QED) is 0.130. The number of benzene rings is 2. The Morgan fingerprint density at radius 1 is 0.854 bits per heavy atom. The number of hydrogen-bond donors (Lipinski definition) is 0. The second-order valence-electron chi connectivity index (χ2n) is 13.4. The molecule has 0 amide bonds. The third-order valence-electron chi connectivity index (χ3n) is 8.00. The number of nitrogens with zero attached hydrogens (tertiary/aromatic N) is 3. The number of aryl methyl sites for hydroxylation is 1. The van der Waals surface area contributed by atoms with Gasteiger partial charge >= 0.3 is 29.6 Å². The van der Waals surface area contributed by atoms with Gasteiger partial charge in [-0.15, -0.1) is 11.8 Å². The fourth-order valence-electron chi connectivity index (χ4n) is 5.39. The molecule has 3 heterocycles. The van der Waals surface area contributed by atoms with E-state index in [1.54, 1.807) is 25.6 Å². The summed E-state index contributed by atoms with van der Waals surface area (Å²) < 4.78 is 13.9. The summed E-state index contributed by atoms with van der Waals surface area (Å²) in [6.45, 7) is 15.6. The van der Waals surface area contributed by atoms with E-state index < -0.39 is 11.4 Å². The van der Waals surface area contributed by atoms with E-state index in [-0.39, 0.29) is 34.3 Å². The average Bonchev–Trinajstić information content (AvgIpc) is 3.30. The van der Waals surface area contributed by atoms with E-state index in [1.165, 1.54) is 5.56 Å². The van der Waals surface area contributed by atoms with Gasteiger partial charge in [0.2, 0.25) is 5.88 Å². The summed E-state index contributed by atoms with van der Waals surface area (Å²) in [5.74, 6) is 0.282. The molecule has 0 unspecified atom stereocenters. The third-order valence-corrected chi connectivity index (χ3v) is 9.27. The number of pyridine rings is 2. The minimum absolute atomic E-state index is 0. The van der Waals surface area contributed by atoms with E-state index in [0.717, 1.165) is 56.0 Å². The van der Waals surface area contributed by atoms with Crippen LogP contribution in [-0.4, -0.2) is 31.9 Å². The number of carboxylic acids is 1. The summed E-state index contributed by atoms with van der Waals surface area (Å²) in [6.07, 6.45) is 4.98.